The average molecular weight is 234 g/mol. The van der Waals surface area contributed by atoms with Crippen LogP contribution in [0.1, 0.15) is 33.8 Å². The van der Waals surface area contributed by atoms with Crippen LogP contribution in [-0.2, 0) is 9.53 Å². The Morgan fingerprint density at radius 1 is 1.41 bits per heavy atom. The summed E-state index contributed by atoms with van der Waals surface area (Å²) in [4.78, 5) is 22.2. The van der Waals surface area contributed by atoms with Crippen molar-refractivity contribution in [3.63, 3.8) is 0 Å². The van der Waals surface area contributed by atoms with Crippen molar-refractivity contribution in [1.82, 2.24) is 0 Å². The minimum Gasteiger partial charge on any atom is -0.481 e. The van der Waals surface area contributed by atoms with Crippen molar-refractivity contribution in [2.75, 3.05) is 7.11 Å². The van der Waals surface area contributed by atoms with Gasteiger partial charge in [-0.2, -0.15) is 0 Å². The predicted molar refractivity (Wildman–Crippen MR) is 61.0 cm³/mol. The molecule has 0 radical (unpaired) electrons. The number of hydrogen-bond acceptors (Lipinski definition) is 3. The second-order valence-electron chi connectivity index (χ2n) is 4.35. The molecule has 0 unspecified atom stereocenters. The van der Waals surface area contributed by atoms with Gasteiger partial charge < -0.3 is 9.84 Å². The highest BCUT2D eigenvalue weighted by Gasteiger charge is 2.44. The third-order valence-corrected chi connectivity index (χ3v) is 3.19. The molecule has 2 atom stereocenters. The number of carbonyl (C=O) groups excluding carboxylic acids is 1. The molecule has 17 heavy (non-hydrogen) atoms. The molecule has 1 aliphatic carbocycles. The first-order valence-corrected chi connectivity index (χ1v) is 5.46. The summed E-state index contributed by atoms with van der Waals surface area (Å²) in [6.07, 6.45) is 0.687. The maximum Gasteiger partial charge on any atom is 0.338 e. The number of hydrogen-bond donors (Lipinski definition) is 1. The van der Waals surface area contributed by atoms with E-state index in [-0.39, 0.29) is 17.8 Å². The molecule has 0 spiro atoms. The number of methoxy groups -OCH3 is 1. The third-order valence-electron chi connectivity index (χ3n) is 3.19. The van der Waals surface area contributed by atoms with Crippen molar-refractivity contribution in [3.8, 4) is 0 Å². The Hall–Kier alpha value is -1.84. The number of aliphatic carboxylic acids is 1. The molecule has 0 heterocycles. The highest BCUT2D eigenvalue weighted by Crippen LogP contribution is 2.47. The summed E-state index contributed by atoms with van der Waals surface area (Å²) in [6, 6.07) is 5.39. The number of carbonyl (C=O) groups is 2. The van der Waals surface area contributed by atoms with Gasteiger partial charge in [0, 0.05) is 0 Å². The number of ether oxygens (including phenoxy) is 1. The van der Waals surface area contributed by atoms with Crippen molar-refractivity contribution in [2.24, 2.45) is 5.92 Å². The highest BCUT2D eigenvalue weighted by atomic mass is 16.5. The van der Waals surface area contributed by atoms with Crippen LogP contribution in [0, 0.1) is 12.8 Å². The summed E-state index contributed by atoms with van der Waals surface area (Å²) in [7, 11) is 1.34. The predicted octanol–water partition coefficient (Wildman–Crippen LogP) is 1.97. The van der Waals surface area contributed by atoms with Gasteiger partial charge in [0.2, 0.25) is 0 Å². The van der Waals surface area contributed by atoms with Crippen molar-refractivity contribution in [3.05, 3.63) is 34.9 Å². The smallest absolute Gasteiger partial charge is 0.338 e. The zero-order chi connectivity index (χ0) is 12.6. The van der Waals surface area contributed by atoms with Crippen LogP contribution >= 0.6 is 0 Å². The molecule has 4 heteroatoms. The molecule has 1 aliphatic rings. The Morgan fingerprint density at radius 2 is 2.12 bits per heavy atom. The van der Waals surface area contributed by atoms with Gasteiger partial charge in [0.05, 0.1) is 18.6 Å². The van der Waals surface area contributed by atoms with Crippen LogP contribution in [0.2, 0.25) is 0 Å². The Kier molecular flexibility index (Phi) is 2.88. The van der Waals surface area contributed by atoms with Crippen molar-refractivity contribution < 1.29 is 19.4 Å². The number of carboxylic acid groups (broad SMARTS) is 1. The van der Waals surface area contributed by atoms with Gasteiger partial charge in [-0.3, -0.25) is 4.79 Å². The Labute approximate surface area is 99.2 Å². The van der Waals surface area contributed by atoms with Crippen LogP contribution < -0.4 is 0 Å². The highest BCUT2D eigenvalue weighted by molar-refractivity contribution is 5.91. The van der Waals surface area contributed by atoms with E-state index in [4.69, 9.17) is 5.11 Å². The molecule has 0 saturated heterocycles. The molecule has 4 nitrogen and oxygen atoms in total. The van der Waals surface area contributed by atoms with E-state index < -0.39 is 5.97 Å². The molecule has 1 saturated carbocycles. The molecule has 0 bridgehead atoms. The van der Waals surface area contributed by atoms with Gasteiger partial charge in [-0.15, -0.1) is 0 Å². The van der Waals surface area contributed by atoms with Crippen molar-refractivity contribution >= 4 is 11.9 Å². The third kappa shape index (κ3) is 2.16. The average Bonchev–Trinajstić information content (AvgIpc) is 3.08. The zero-order valence-electron chi connectivity index (χ0n) is 9.77. The summed E-state index contributed by atoms with van der Waals surface area (Å²) >= 11 is 0. The molecular formula is C13H14O4. The first-order valence-electron chi connectivity index (χ1n) is 5.46. The van der Waals surface area contributed by atoms with Gasteiger partial charge in [-0.05, 0) is 36.5 Å². The van der Waals surface area contributed by atoms with Gasteiger partial charge >= 0.3 is 11.9 Å². The molecule has 1 aromatic rings. The molecule has 2 rings (SSSR count). The fourth-order valence-corrected chi connectivity index (χ4v) is 2.09. The number of esters is 1. The first kappa shape index (κ1) is 11.6. The quantitative estimate of drug-likeness (QED) is 0.812. The largest absolute Gasteiger partial charge is 0.481 e. The lowest BCUT2D eigenvalue weighted by Gasteiger charge is -2.06. The van der Waals surface area contributed by atoms with Gasteiger partial charge in [-0.1, -0.05) is 12.1 Å². The number of carboxylic acids is 1. The minimum absolute atomic E-state index is 0.0953. The van der Waals surface area contributed by atoms with E-state index in [0.29, 0.717) is 12.0 Å². The van der Waals surface area contributed by atoms with Crippen molar-refractivity contribution in [2.45, 2.75) is 19.3 Å². The summed E-state index contributed by atoms with van der Waals surface area (Å²) < 4.78 is 4.66. The van der Waals surface area contributed by atoms with E-state index in [1.807, 2.05) is 19.1 Å². The number of aryl methyl sites for hydroxylation is 1. The van der Waals surface area contributed by atoms with Crippen LogP contribution in [0.15, 0.2) is 18.2 Å². The van der Waals surface area contributed by atoms with Crippen molar-refractivity contribution in [1.29, 1.82) is 0 Å². The number of rotatable bonds is 3. The van der Waals surface area contributed by atoms with E-state index in [1.54, 1.807) is 6.07 Å². The standard InChI is InChI=1S/C13H14O4/c1-7-5-8(10-6-11(10)12(14)15)3-4-9(7)13(16)17-2/h3-5,10-11H,6H2,1-2H3,(H,14,15)/t10-,11+/m0/s1. The molecule has 90 valence electrons. The minimum atomic E-state index is -0.746. The van der Waals surface area contributed by atoms with E-state index in [9.17, 15) is 9.59 Å². The molecule has 0 amide bonds. The zero-order valence-corrected chi connectivity index (χ0v) is 9.77. The first-order chi connectivity index (χ1) is 8.04. The molecule has 0 aliphatic heterocycles. The summed E-state index contributed by atoms with van der Waals surface area (Å²) in [5.41, 5.74) is 2.34. The summed E-state index contributed by atoms with van der Waals surface area (Å²) in [6.45, 7) is 1.83. The maximum atomic E-state index is 11.4. The Balaban J connectivity index is 2.21. The van der Waals surface area contributed by atoms with E-state index in [0.717, 1.165) is 11.1 Å². The fourth-order valence-electron chi connectivity index (χ4n) is 2.09. The van der Waals surface area contributed by atoms with E-state index in [2.05, 4.69) is 4.74 Å². The fraction of sp³-hybridized carbons (Fsp3) is 0.385. The second-order valence-corrected chi connectivity index (χ2v) is 4.35. The molecular weight excluding hydrogens is 220 g/mol. The van der Waals surface area contributed by atoms with Crippen LogP contribution in [-0.4, -0.2) is 24.2 Å². The van der Waals surface area contributed by atoms with Gasteiger partial charge in [0.1, 0.15) is 0 Å². The topological polar surface area (TPSA) is 63.6 Å². The molecule has 1 fully saturated rings. The van der Waals surface area contributed by atoms with Crippen LogP contribution in [0.25, 0.3) is 0 Å². The molecule has 0 aromatic heterocycles. The SMILES string of the molecule is COC(=O)c1ccc([C@@H]2C[C@H]2C(=O)O)cc1C. The van der Waals surface area contributed by atoms with Gasteiger partial charge in [0.25, 0.3) is 0 Å². The van der Waals surface area contributed by atoms with Crippen LogP contribution in [0.3, 0.4) is 0 Å². The lowest BCUT2D eigenvalue weighted by atomic mass is 10.0. The summed E-state index contributed by atoms with van der Waals surface area (Å²) in [5.74, 6) is -1.28. The molecule has 1 aromatic carbocycles. The van der Waals surface area contributed by atoms with Crippen LogP contribution in [0.5, 0.6) is 0 Å². The van der Waals surface area contributed by atoms with E-state index in [1.165, 1.54) is 7.11 Å². The lowest BCUT2D eigenvalue weighted by Crippen LogP contribution is -2.04. The van der Waals surface area contributed by atoms with Gasteiger partial charge in [0.15, 0.2) is 0 Å². The maximum absolute atomic E-state index is 11.4. The summed E-state index contributed by atoms with van der Waals surface area (Å²) in [5, 5.41) is 8.86. The number of benzene rings is 1. The Bertz CT molecular complexity index is 478. The Morgan fingerprint density at radius 3 is 2.59 bits per heavy atom. The van der Waals surface area contributed by atoms with Crippen LogP contribution in [0.4, 0.5) is 0 Å². The van der Waals surface area contributed by atoms with E-state index >= 15 is 0 Å². The lowest BCUT2D eigenvalue weighted by molar-refractivity contribution is -0.138. The second kappa shape index (κ2) is 4.20. The van der Waals surface area contributed by atoms with Gasteiger partial charge in [-0.25, -0.2) is 4.79 Å². The monoisotopic (exact) mass is 234 g/mol. The molecule has 1 N–H and O–H groups in total. The normalized spacial score (nSPS) is 22.0.